The molecule has 0 N–H and O–H groups in total. The Balaban J connectivity index is 2.20. The number of benzene rings is 1. The molecule has 1 aliphatic heterocycles. The smallest absolute Gasteiger partial charge is 0.424 e. The number of rotatable bonds is 4. The average molecular weight is 441 g/mol. The van der Waals surface area contributed by atoms with Crippen LogP contribution in [0.4, 0.5) is 9.59 Å². The Labute approximate surface area is 179 Å². The third kappa shape index (κ3) is 6.62. The second-order valence-corrected chi connectivity index (χ2v) is 11.3. The molecule has 1 heterocycles. The molecule has 0 aromatic heterocycles. The van der Waals surface area contributed by atoms with E-state index in [0.717, 1.165) is 4.31 Å². The predicted octanol–water partition coefficient (Wildman–Crippen LogP) is 3.87. The Morgan fingerprint density at radius 3 is 2.13 bits per heavy atom. The number of nitrogens with zero attached hydrogens (tertiary/aromatic N) is 2. The van der Waals surface area contributed by atoms with E-state index in [-0.39, 0.29) is 17.4 Å². The molecule has 0 aliphatic carbocycles. The molecule has 1 atom stereocenters. The summed E-state index contributed by atoms with van der Waals surface area (Å²) in [5.74, 6) is -0.219. The molecule has 30 heavy (non-hydrogen) atoms. The van der Waals surface area contributed by atoms with E-state index < -0.39 is 33.4 Å². The molecule has 1 aliphatic rings. The number of carbonyl (C=O) groups is 2. The van der Waals surface area contributed by atoms with Gasteiger partial charge in [-0.3, -0.25) is 0 Å². The molecule has 0 spiro atoms. The van der Waals surface area contributed by atoms with Gasteiger partial charge in [0.25, 0.3) is 10.0 Å². The van der Waals surface area contributed by atoms with E-state index in [1.54, 1.807) is 64.6 Å². The summed E-state index contributed by atoms with van der Waals surface area (Å²) in [6.07, 6.45) is -0.815. The molecule has 0 saturated carbocycles. The van der Waals surface area contributed by atoms with Crippen LogP contribution in [0.25, 0.3) is 0 Å². The third-order valence-electron chi connectivity index (χ3n) is 4.29. The molecule has 1 aromatic carbocycles. The second-order valence-electron chi connectivity index (χ2n) is 9.41. The number of hydrogen-bond acceptors (Lipinski definition) is 6. The largest absolute Gasteiger partial charge is 0.444 e. The summed E-state index contributed by atoms with van der Waals surface area (Å²) in [5, 5.41) is 0. The highest BCUT2D eigenvalue weighted by Crippen LogP contribution is 2.25. The van der Waals surface area contributed by atoms with Crippen LogP contribution in [0, 0.1) is 5.92 Å². The van der Waals surface area contributed by atoms with Gasteiger partial charge in [-0.05, 0) is 66.0 Å². The first-order chi connectivity index (χ1) is 13.7. The molecule has 9 heteroatoms. The Bertz CT molecular complexity index is 856. The van der Waals surface area contributed by atoms with Crippen LogP contribution >= 0.6 is 0 Å². The molecule has 8 nitrogen and oxygen atoms in total. The van der Waals surface area contributed by atoms with Crippen molar-refractivity contribution in [3.8, 4) is 0 Å². The Kier molecular flexibility index (Phi) is 7.06. The normalized spacial score (nSPS) is 17.5. The molecule has 1 fully saturated rings. The van der Waals surface area contributed by atoms with E-state index >= 15 is 0 Å². The fourth-order valence-electron chi connectivity index (χ4n) is 3.01. The van der Waals surface area contributed by atoms with Gasteiger partial charge in [0.15, 0.2) is 0 Å². The molecule has 1 aromatic rings. The lowest BCUT2D eigenvalue weighted by Crippen LogP contribution is -2.44. The first-order valence-corrected chi connectivity index (χ1v) is 11.4. The number of ether oxygens (including phenoxy) is 2. The molecule has 0 bridgehead atoms. The van der Waals surface area contributed by atoms with Crippen molar-refractivity contribution in [3.05, 3.63) is 30.3 Å². The van der Waals surface area contributed by atoms with Gasteiger partial charge >= 0.3 is 12.2 Å². The van der Waals surface area contributed by atoms with E-state index in [0.29, 0.717) is 19.5 Å². The second kappa shape index (κ2) is 8.83. The lowest BCUT2D eigenvalue weighted by molar-refractivity contribution is 0.0284. The van der Waals surface area contributed by atoms with Gasteiger partial charge in [-0.1, -0.05) is 18.2 Å². The van der Waals surface area contributed by atoms with Crippen molar-refractivity contribution < 1.29 is 27.5 Å². The fourth-order valence-corrected chi connectivity index (χ4v) is 4.41. The minimum absolute atomic E-state index is 0.0119. The number of sulfonamides is 1. The van der Waals surface area contributed by atoms with Gasteiger partial charge in [0.1, 0.15) is 11.2 Å². The quantitative estimate of drug-likeness (QED) is 0.706. The van der Waals surface area contributed by atoms with E-state index in [2.05, 4.69) is 0 Å². The van der Waals surface area contributed by atoms with Gasteiger partial charge in [-0.2, -0.15) is 0 Å². The lowest BCUT2D eigenvalue weighted by atomic mass is 10.1. The van der Waals surface area contributed by atoms with Gasteiger partial charge in [0.2, 0.25) is 0 Å². The summed E-state index contributed by atoms with van der Waals surface area (Å²) in [6, 6.07) is 7.77. The highest BCUT2D eigenvalue weighted by molar-refractivity contribution is 7.89. The van der Waals surface area contributed by atoms with Gasteiger partial charge in [-0.25, -0.2) is 22.3 Å². The Morgan fingerprint density at radius 1 is 1.03 bits per heavy atom. The molecule has 0 radical (unpaired) electrons. The van der Waals surface area contributed by atoms with Crippen molar-refractivity contribution in [2.24, 2.45) is 5.92 Å². The van der Waals surface area contributed by atoms with Crippen LogP contribution in [0.3, 0.4) is 0 Å². The summed E-state index contributed by atoms with van der Waals surface area (Å²) < 4.78 is 37.9. The maximum Gasteiger partial charge on any atom is 0.424 e. The number of likely N-dealkylation sites (tertiary alicyclic amines) is 1. The van der Waals surface area contributed by atoms with Crippen LogP contribution < -0.4 is 0 Å². The molecular weight excluding hydrogens is 408 g/mol. The standard InChI is InChI=1S/C21H32N2O6S/c1-20(2,3)28-18(24)22-13-12-16(14-22)15-23(19(25)29-21(4,5)6)30(26,27)17-10-8-7-9-11-17/h7-11,16H,12-15H2,1-6H3. The topological polar surface area (TPSA) is 93.2 Å². The van der Waals surface area contributed by atoms with Crippen LogP contribution in [-0.2, 0) is 19.5 Å². The molecule has 1 saturated heterocycles. The number of amides is 2. The molecule has 2 amide bonds. The van der Waals surface area contributed by atoms with Crippen LogP contribution in [0.2, 0.25) is 0 Å². The van der Waals surface area contributed by atoms with Crippen molar-refractivity contribution in [1.29, 1.82) is 0 Å². The van der Waals surface area contributed by atoms with E-state index in [1.807, 2.05) is 0 Å². The van der Waals surface area contributed by atoms with Gasteiger partial charge in [0, 0.05) is 19.6 Å². The summed E-state index contributed by atoms with van der Waals surface area (Å²) in [7, 11) is -4.10. The van der Waals surface area contributed by atoms with Crippen LogP contribution in [0.5, 0.6) is 0 Å². The first kappa shape index (κ1) is 24.0. The first-order valence-electron chi connectivity index (χ1n) is 9.98. The zero-order valence-corrected chi connectivity index (χ0v) is 19.4. The maximum absolute atomic E-state index is 13.2. The summed E-state index contributed by atoms with van der Waals surface area (Å²) in [5.41, 5.74) is -1.46. The van der Waals surface area contributed by atoms with Crippen molar-refractivity contribution in [3.63, 3.8) is 0 Å². The van der Waals surface area contributed by atoms with Crippen molar-refractivity contribution in [1.82, 2.24) is 9.21 Å². The van der Waals surface area contributed by atoms with Crippen LogP contribution in [0.15, 0.2) is 35.2 Å². The average Bonchev–Trinajstić information content (AvgIpc) is 3.06. The maximum atomic E-state index is 13.2. The monoisotopic (exact) mass is 440 g/mol. The predicted molar refractivity (Wildman–Crippen MR) is 112 cm³/mol. The summed E-state index contributed by atoms with van der Waals surface area (Å²) in [4.78, 5) is 26.7. The fraction of sp³-hybridized carbons (Fsp3) is 0.619. The van der Waals surface area contributed by atoms with Crippen molar-refractivity contribution >= 4 is 22.2 Å². The Hall–Kier alpha value is -2.29. The van der Waals surface area contributed by atoms with E-state index in [9.17, 15) is 18.0 Å². The van der Waals surface area contributed by atoms with Crippen LogP contribution in [-0.4, -0.2) is 60.6 Å². The number of hydrogen-bond donors (Lipinski definition) is 0. The minimum atomic E-state index is -4.10. The van der Waals surface area contributed by atoms with Gasteiger partial charge in [-0.15, -0.1) is 0 Å². The highest BCUT2D eigenvalue weighted by atomic mass is 32.2. The van der Waals surface area contributed by atoms with Gasteiger partial charge in [0.05, 0.1) is 4.90 Å². The molecular formula is C21H32N2O6S. The van der Waals surface area contributed by atoms with Crippen molar-refractivity contribution in [2.45, 2.75) is 64.1 Å². The lowest BCUT2D eigenvalue weighted by Gasteiger charge is -2.29. The van der Waals surface area contributed by atoms with E-state index in [1.165, 1.54) is 12.1 Å². The zero-order valence-electron chi connectivity index (χ0n) is 18.5. The highest BCUT2D eigenvalue weighted by Gasteiger charge is 2.38. The third-order valence-corrected chi connectivity index (χ3v) is 6.04. The van der Waals surface area contributed by atoms with Crippen molar-refractivity contribution in [2.75, 3.05) is 19.6 Å². The SMILES string of the molecule is CC(C)(C)OC(=O)N1CCC(CN(C(=O)OC(C)(C)C)S(=O)(=O)c2ccccc2)C1. The van der Waals surface area contributed by atoms with E-state index in [4.69, 9.17) is 9.47 Å². The molecule has 168 valence electrons. The molecule has 1 unspecified atom stereocenters. The summed E-state index contributed by atoms with van der Waals surface area (Å²) >= 11 is 0. The minimum Gasteiger partial charge on any atom is -0.444 e. The summed E-state index contributed by atoms with van der Waals surface area (Å²) in [6.45, 7) is 11.1. The molecule has 2 rings (SSSR count). The Morgan fingerprint density at radius 2 is 1.60 bits per heavy atom. The van der Waals surface area contributed by atoms with Gasteiger partial charge < -0.3 is 14.4 Å². The van der Waals surface area contributed by atoms with Crippen LogP contribution in [0.1, 0.15) is 48.0 Å². The zero-order chi connectivity index (χ0) is 22.7. The number of carbonyl (C=O) groups excluding carboxylic acids is 2.